The van der Waals surface area contributed by atoms with Crippen LogP contribution in [0.15, 0.2) is 34.3 Å². The van der Waals surface area contributed by atoms with Gasteiger partial charge in [-0.15, -0.1) is 0 Å². The van der Waals surface area contributed by atoms with Crippen LogP contribution >= 0.6 is 15.9 Å². The summed E-state index contributed by atoms with van der Waals surface area (Å²) in [6.45, 7) is 0. The molecular formula is C14H18BrFN2. The minimum atomic E-state index is -0.211. The molecule has 0 heterocycles. The van der Waals surface area contributed by atoms with Gasteiger partial charge in [0.1, 0.15) is 5.82 Å². The zero-order valence-corrected chi connectivity index (χ0v) is 11.8. The van der Waals surface area contributed by atoms with E-state index in [1.165, 1.54) is 24.5 Å². The van der Waals surface area contributed by atoms with Gasteiger partial charge in [-0.05, 0) is 50.3 Å². The third-order valence-electron chi connectivity index (χ3n) is 3.39. The van der Waals surface area contributed by atoms with Crippen molar-refractivity contribution in [2.24, 2.45) is 5.84 Å². The summed E-state index contributed by atoms with van der Waals surface area (Å²) in [6.07, 6.45) is 7.77. The van der Waals surface area contributed by atoms with Crippen LogP contribution in [0, 0.1) is 5.82 Å². The first kappa shape index (κ1) is 13.7. The van der Waals surface area contributed by atoms with E-state index in [-0.39, 0.29) is 11.9 Å². The second-order valence-electron chi connectivity index (χ2n) is 4.70. The maximum Gasteiger partial charge on any atom is 0.128 e. The monoisotopic (exact) mass is 312 g/mol. The van der Waals surface area contributed by atoms with Gasteiger partial charge in [-0.3, -0.25) is 11.3 Å². The van der Waals surface area contributed by atoms with Crippen molar-refractivity contribution in [2.75, 3.05) is 0 Å². The number of nitrogens with two attached hydrogens (primary N) is 1. The van der Waals surface area contributed by atoms with Crippen LogP contribution in [0.5, 0.6) is 0 Å². The van der Waals surface area contributed by atoms with Gasteiger partial charge < -0.3 is 0 Å². The Morgan fingerprint density at radius 1 is 1.39 bits per heavy atom. The number of hydrogen-bond acceptors (Lipinski definition) is 2. The summed E-state index contributed by atoms with van der Waals surface area (Å²) in [4.78, 5) is 0. The van der Waals surface area contributed by atoms with E-state index in [9.17, 15) is 4.39 Å². The highest BCUT2D eigenvalue weighted by atomic mass is 79.9. The van der Waals surface area contributed by atoms with Gasteiger partial charge in [0.2, 0.25) is 0 Å². The van der Waals surface area contributed by atoms with Gasteiger partial charge >= 0.3 is 0 Å². The summed E-state index contributed by atoms with van der Waals surface area (Å²) in [7, 11) is 0. The highest BCUT2D eigenvalue weighted by molar-refractivity contribution is 9.10. The molecule has 1 aromatic carbocycles. The summed E-state index contributed by atoms with van der Waals surface area (Å²) in [5.74, 6) is 5.37. The van der Waals surface area contributed by atoms with E-state index in [0.29, 0.717) is 5.56 Å². The normalized spacial score (nSPS) is 17.4. The fourth-order valence-electron chi connectivity index (χ4n) is 2.39. The van der Waals surface area contributed by atoms with Crippen LogP contribution in [0.3, 0.4) is 0 Å². The van der Waals surface area contributed by atoms with Gasteiger partial charge in [0.15, 0.2) is 0 Å². The van der Waals surface area contributed by atoms with Crippen LogP contribution < -0.4 is 11.3 Å². The van der Waals surface area contributed by atoms with E-state index in [0.717, 1.165) is 23.7 Å². The molecule has 1 aliphatic rings. The first-order chi connectivity index (χ1) is 8.70. The molecule has 1 aliphatic carbocycles. The number of rotatable bonds is 4. The highest BCUT2D eigenvalue weighted by Crippen LogP contribution is 2.29. The SMILES string of the molecule is NNC(CC1=CCCCC1)c1cc(Br)ccc1F. The topological polar surface area (TPSA) is 38.0 Å². The quantitative estimate of drug-likeness (QED) is 0.501. The summed E-state index contributed by atoms with van der Waals surface area (Å²) < 4.78 is 14.7. The molecule has 0 aliphatic heterocycles. The molecule has 1 atom stereocenters. The Morgan fingerprint density at radius 2 is 2.22 bits per heavy atom. The molecule has 0 saturated carbocycles. The van der Waals surface area contributed by atoms with Crippen LogP contribution in [0.1, 0.15) is 43.7 Å². The predicted octanol–water partition coefficient (Wildman–Crippen LogP) is 3.98. The summed E-state index contributed by atoms with van der Waals surface area (Å²) in [5.41, 5.74) is 4.73. The molecule has 2 nitrogen and oxygen atoms in total. The predicted molar refractivity (Wildman–Crippen MR) is 75.3 cm³/mol. The Labute approximate surface area is 116 Å². The third kappa shape index (κ3) is 3.40. The molecule has 0 fully saturated rings. The number of hydrogen-bond donors (Lipinski definition) is 2. The minimum Gasteiger partial charge on any atom is -0.271 e. The van der Waals surface area contributed by atoms with Crippen molar-refractivity contribution < 1.29 is 4.39 Å². The standard InChI is InChI=1S/C14H18BrFN2/c15-11-6-7-13(16)12(9-11)14(18-17)8-10-4-2-1-3-5-10/h4,6-7,9,14,18H,1-3,5,8,17H2. The van der Waals surface area contributed by atoms with Crippen LogP contribution in [0.4, 0.5) is 4.39 Å². The summed E-state index contributed by atoms with van der Waals surface area (Å²) >= 11 is 3.37. The Morgan fingerprint density at radius 3 is 2.89 bits per heavy atom. The Bertz CT molecular complexity index is 445. The third-order valence-corrected chi connectivity index (χ3v) is 3.88. The average Bonchev–Trinajstić information content (AvgIpc) is 2.40. The van der Waals surface area contributed by atoms with Gasteiger partial charge in [0, 0.05) is 10.0 Å². The Kier molecular flexibility index (Phi) is 4.92. The molecule has 98 valence electrons. The van der Waals surface area contributed by atoms with Crippen molar-refractivity contribution in [2.45, 2.75) is 38.1 Å². The molecule has 0 bridgehead atoms. The highest BCUT2D eigenvalue weighted by Gasteiger charge is 2.17. The van der Waals surface area contributed by atoms with Crippen LogP contribution in [0.2, 0.25) is 0 Å². The first-order valence-corrected chi connectivity index (χ1v) is 7.09. The van der Waals surface area contributed by atoms with Crippen molar-refractivity contribution in [1.82, 2.24) is 5.43 Å². The average molecular weight is 313 g/mol. The summed E-state index contributed by atoms with van der Waals surface area (Å²) in [5, 5.41) is 0. The molecule has 1 unspecified atom stereocenters. The number of allylic oxidation sites excluding steroid dienone is 1. The number of nitrogens with one attached hydrogen (secondary N) is 1. The lowest BCUT2D eigenvalue weighted by molar-refractivity contribution is 0.497. The zero-order valence-electron chi connectivity index (χ0n) is 10.3. The van der Waals surface area contributed by atoms with E-state index in [4.69, 9.17) is 5.84 Å². The number of halogens is 2. The molecule has 0 spiro atoms. The van der Waals surface area contributed by atoms with E-state index in [1.54, 1.807) is 12.1 Å². The van der Waals surface area contributed by atoms with Crippen LogP contribution in [-0.2, 0) is 0 Å². The zero-order chi connectivity index (χ0) is 13.0. The van der Waals surface area contributed by atoms with Crippen LogP contribution in [-0.4, -0.2) is 0 Å². The largest absolute Gasteiger partial charge is 0.271 e. The molecule has 1 aromatic rings. The molecule has 0 amide bonds. The maximum absolute atomic E-state index is 13.8. The smallest absolute Gasteiger partial charge is 0.128 e. The minimum absolute atomic E-state index is 0.160. The van der Waals surface area contributed by atoms with Crippen molar-refractivity contribution in [3.05, 3.63) is 45.7 Å². The van der Waals surface area contributed by atoms with Gasteiger partial charge in [-0.2, -0.15) is 0 Å². The lowest BCUT2D eigenvalue weighted by Crippen LogP contribution is -2.29. The summed E-state index contributed by atoms with van der Waals surface area (Å²) in [6, 6.07) is 4.81. The second kappa shape index (κ2) is 6.45. The molecular weight excluding hydrogens is 295 g/mol. The molecule has 18 heavy (non-hydrogen) atoms. The second-order valence-corrected chi connectivity index (χ2v) is 5.61. The molecule has 3 N–H and O–H groups in total. The Balaban J connectivity index is 2.17. The number of hydrazine groups is 1. The van der Waals surface area contributed by atoms with E-state index in [1.807, 2.05) is 0 Å². The van der Waals surface area contributed by atoms with Gasteiger partial charge in [-0.1, -0.05) is 27.6 Å². The Hall–Kier alpha value is -0.710. The van der Waals surface area contributed by atoms with Crippen molar-refractivity contribution in [1.29, 1.82) is 0 Å². The van der Waals surface area contributed by atoms with Crippen LogP contribution in [0.25, 0.3) is 0 Å². The van der Waals surface area contributed by atoms with Gasteiger partial charge in [0.25, 0.3) is 0 Å². The molecule has 0 saturated heterocycles. The fourth-order valence-corrected chi connectivity index (χ4v) is 2.77. The van der Waals surface area contributed by atoms with Gasteiger partial charge in [0.05, 0.1) is 6.04 Å². The lowest BCUT2D eigenvalue weighted by Gasteiger charge is -2.21. The molecule has 4 heteroatoms. The van der Waals surface area contributed by atoms with Gasteiger partial charge in [-0.25, -0.2) is 4.39 Å². The van der Waals surface area contributed by atoms with E-state index >= 15 is 0 Å². The van der Waals surface area contributed by atoms with Crippen molar-refractivity contribution in [3.63, 3.8) is 0 Å². The maximum atomic E-state index is 13.8. The molecule has 2 rings (SSSR count). The molecule has 0 radical (unpaired) electrons. The number of benzene rings is 1. The molecule has 0 aromatic heterocycles. The van der Waals surface area contributed by atoms with Crippen molar-refractivity contribution in [3.8, 4) is 0 Å². The first-order valence-electron chi connectivity index (χ1n) is 6.29. The fraction of sp³-hybridized carbons (Fsp3) is 0.429. The van der Waals surface area contributed by atoms with E-state index in [2.05, 4.69) is 27.4 Å². The van der Waals surface area contributed by atoms with Crippen molar-refractivity contribution >= 4 is 15.9 Å². The lowest BCUT2D eigenvalue weighted by atomic mass is 9.91. The van der Waals surface area contributed by atoms with E-state index < -0.39 is 0 Å².